The number of hydrogen-bond acceptors (Lipinski definition) is 1. The minimum Gasteiger partial charge on any atom is -0.392 e. The predicted octanol–water partition coefficient (Wildman–Crippen LogP) is 3.13. The van der Waals surface area contributed by atoms with Crippen LogP contribution in [0.15, 0.2) is 42.6 Å². The summed E-state index contributed by atoms with van der Waals surface area (Å²) in [6, 6.07) is 8.27. The van der Waals surface area contributed by atoms with E-state index >= 15 is 0 Å². The zero-order valence-electron chi connectivity index (χ0n) is 9.09. The Labute approximate surface area is 86.2 Å². The smallest absolute Gasteiger partial charge is 0.00784 e. The van der Waals surface area contributed by atoms with Gasteiger partial charge in [0, 0.05) is 12.7 Å². The molecule has 0 bridgehead atoms. The molecule has 0 saturated carbocycles. The number of aryl methyl sites for hydroxylation is 1. The molecule has 0 amide bonds. The maximum atomic E-state index is 4.06. The van der Waals surface area contributed by atoms with Crippen molar-refractivity contribution in [3.05, 3.63) is 53.7 Å². The quantitative estimate of drug-likeness (QED) is 0.717. The van der Waals surface area contributed by atoms with Gasteiger partial charge in [-0.25, -0.2) is 0 Å². The number of nitrogens with one attached hydrogen (secondary N) is 1. The van der Waals surface area contributed by atoms with Crippen LogP contribution in [0.3, 0.4) is 0 Å². The highest BCUT2D eigenvalue weighted by molar-refractivity contribution is 5.74. The fraction of sp³-hybridized carbons (Fsp3) is 0.231. The molecule has 1 N–H and O–H groups in total. The third-order valence-electron chi connectivity index (χ3n) is 2.28. The van der Waals surface area contributed by atoms with Crippen molar-refractivity contribution < 1.29 is 0 Å². The first-order valence-corrected chi connectivity index (χ1v) is 4.76. The lowest BCUT2D eigenvalue weighted by Gasteiger charge is -2.06. The Balaban J connectivity index is 2.96. The first-order chi connectivity index (χ1) is 6.65. The van der Waals surface area contributed by atoms with E-state index in [9.17, 15) is 0 Å². The van der Waals surface area contributed by atoms with Crippen molar-refractivity contribution in [3.63, 3.8) is 0 Å². The predicted molar refractivity (Wildman–Crippen MR) is 63.0 cm³/mol. The lowest BCUT2D eigenvalue weighted by atomic mass is 10.0. The van der Waals surface area contributed by atoms with Crippen LogP contribution in [0.2, 0.25) is 0 Å². The lowest BCUT2D eigenvalue weighted by Crippen LogP contribution is -2.01. The minimum absolute atomic E-state index is 1.05. The van der Waals surface area contributed by atoms with Gasteiger partial charge in [-0.3, -0.25) is 0 Å². The summed E-state index contributed by atoms with van der Waals surface area (Å²) in [7, 11) is 1.91. The van der Waals surface area contributed by atoms with Gasteiger partial charge in [0.05, 0.1) is 0 Å². The average molecular weight is 187 g/mol. The number of allylic oxidation sites excluding steroid dienone is 3. The molecule has 74 valence electrons. The van der Waals surface area contributed by atoms with Crippen molar-refractivity contribution in [1.29, 1.82) is 0 Å². The van der Waals surface area contributed by atoms with Crippen LogP contribution < -0.4 is 5.32 Å². The van der Waals surface area contributed by atoms with E-state index in [0.717, 1.165) is 11.3 Å². The molecule has 0 fully saturated rings. The van der Waals surface area contributed by atoms with E-state index in [2.05, 4.69) is 37.0 Å². The van der Waals surface area contributed by atoms with Gasteiger partial charge in [-0.1, -0.05) is 30.8 Å². The second-order valence-corrected chi connectivity index (χ2v) is 3.42. The van der Waals surface area contributed by atoms with E-state index in [4.69, 9.17) is 0 Å². The SMILES string of the molecule is C=C(/C=C(\C)NC)c1ccccc1C. The van der Waals surface area contributed by atoms with Crippen molar-refractivity contribution in [2.45, 2.75) is 13.8 Å². The summed E-state index contributed by atoms with van der Waals surface area (Å²) in [5.74, 6) is 0. The highest BCUT2D eigenvalue weighted by atomic mass is 14.8. The van der Waals surface area contributed by atoms with Crippen molar-refractivity contribution in [1.82, 2.24) is 5.32 Å². The standard InChI is InChI=1S/C13H17N/c1-10-7-5-6-8-13(10)11(2)9-12(3)14-4/h5-9,14H,2H2,1,3-4H3/b12-9+. The van der Waals surface area contributed by atoms with Crippen molar-refractivity contribution in [3.8, 4) is 0 Å². The molecule has 14 heavy (non-hydrogen) atoms. The van der Waals surface area contributed by atoms with Gasteiger partial charge in [0.15, 0.2) is 0 Å². The molecule has 1 heteroatoms. The number of benzene rings is 1. The van der Waals surface area contributed by atoms with E-state index in [1.807, 2.05) is 26.1 Å². The lowest BCUT2D eigenvalue weighted by molar-refractivity contribution is 0.991. The van der Waals surface area contributed by atoms with Crippen LogP contribution >= 0.6 is 0 Å². The molecular weight excluding hydrogens is 170 g/mol. The van der Waals surface area contributed by atoms with Crippen LogP contribution in [-0.4, -0.2) is 7.05 Å². The summed E-state index contributed by atoms with van der Waals surface area (Å²) in [6.07, 6.45) is 2.06. The first kappa shape index (κ1) is 10.6. The molecule has 0 heterocycles. The summed E-state index contributed by atoms with van der Waals surface area (Å²) >= 11 is 0. The fourth-order valence-electron chi connectivity index (χ4n) is 1.34. The van der Waals surface area contributed by atoms with Crippen LogP contribution in [-0.2, 0) is 0 Å². The maximum Gasteiger partial charge on any atom is 0.00784 e. The summed E-state index contributed by atoms with van der Waals surface area (Å²) < 4.78 is 0. The summed E-state index contributed by atoms with van der Waals surface area (Å²) in [5.41, 5.74) is 4.65. The molecular formula is C13H17N. The van der Waals surface area contributed by atoms with E-state index < -0.39 is 0 Å². The first-order valence-electron chi connectivity index (χ1n) is 4.76. The molecule has 0 aliphatic heterocycles. The van der Waals surface area contributed by atoms with Gasteiger partial charge in [-0.2, -0.15) is 0 Å². The molecule has 0 aliphatic rings. The Kier molecular flexibility index (Phi) is 3.52. The number of hydrogen-bond donors (Lipinski definition) is 1. The van der Waals surface area contributed by atoms with Crippen molar-refractivity contribution >= 4 is 5.57 Å². The molecule has 0 aromatic heterocycles. The molecule has 1 rings (SSSR count). The van der Waals surface area contributed by atoms with Crippen LogP contribution in [0.1, 0.15) is 18.1 Å². The summed E-state index contributed by atoms with van der Waals surface area (Å²) in [5, 5.41) is 3.09. The normalized spacial score (nSPS) is 11.2. The monoisotopic (exact) mass is 187 g/mol. The molecule has 0 saturated heterocycles. The molecule has 1 nitrogen and oxygen atoms in total. The van der Waals surface area contributed by atoms with Crippen molar-refractivity contribution in [2.75, 3.05) is 7.05 Å². The van der Waals surface area contributed by atoms with E-state index in [-0.39, 0.29) is 0 Å². The van der Waals surface area contributed by atoms with Gasteiger partial charge in [0.2, 0.25) is 0 Å². The van der Waals surface area contributed by atoms with E-state index in [0.29, 0.717) is 0 Å². The van der Waals surface area contributed by atoms with Crippen LogP contribution in [0, 0.1) is 6.92 Å². The summed E-state index contributed by atoms with van der Waals surface area (Å²) in [4.78, 5) is 0. The highest BCUT2D eigenvalue weighted by Crippen LogP contribution is 2.18. The molecule has 0 spiro atoms. The van der Waals surface area contributed by atoms with E-state index in [1.54, 1.807) is 0 Å². The molecule has 1 aromatic rings. The van der Waals surface area contributed by atoms with Gasteiger partial charge in [-0.15, -0.1) is 0 Å². The van der Waals surface area contributed by atoms with Gasteiger partial charge in [-0.05, 0) is 36.6 Å². The molecule has 1 aromatic carbocycles. The van der Waals surface area contributed by atoms with Gasteiger partial charge < -0.3 is 5.32 Å². The van der Waals surface area contributed by atoms with Crippen LogP contribution in [0.5, 0.6) is 0 Å². The van der Waals surface area contributed by atoms with E-state index in [1.165, 1.54) is 11.1 Å². The fourth-order valence-corrected chi connectivity index (χ4v) is 1.34. The summed E-state index contributed by atoms with van der Waals surface area (Å²) in [6.45, 7) is 8.19. The Morgan fingerprint density at radius 2 is 2.00 bits per heavy atom. The Morgan fingerprint density at radius 3 is 2.57 bits per heavy atom. The van der Waals surface area contributed by atoms with Crippen LogP contribution in [0.25, 0.3) is 5.57 Å². The Hall–Kier alpha value is -1.50. The molecule has 0 unspecified atom stereocenters. The second-order valence-electron chi connectivity index (χ2n) is 3.42. The molecule has 0 aliphatic carbocycles. The van der Waals surface area contributed by atoms with Gasteiger partial charge >= 0.3 is 0 Å². The Morgan fingerprint density at radius 1 is 1.36 bits per heavy atom. The van der Waals surface area contributed by atoms with Gasteiger partial charge in [0.25, 0.3) is 0 Å². The second kappa shape index (κ2) is 4.66. The largest absolute Gasteiger partial charge is 0.392 e. The third-order valence-corrected chi connectivity index (χ3v) is 2.28. The minimum atomic E-state index is 1.05. The molecule has 0 atom stereocenters. The Bertz CT molecular complexity index is 361. The zero-order chi connectivity index (χ0) is 10.6. The van der Waals surface area contributed by atoms with Gasteiger partial charge in [0.1, 0.15) is 0 Å². The van der Waals surface area contributed by atoms with Crippen LogP contribution in [0.4, 0.5) is 0 Å². The molecule has 0 radical (unpaired) electrons. The maximum absolute atomic E-state index is 4.06. The number of rotatable bonds is 3. The average Bonchev–Trinajstić information content (AvgIpc) is 2.18. The van der Waals surface area contributed by atoms with Crippen molar-refractivity contribution in [2.24, 2.45) is 0 Å². The topological polar surface area (TPSA) is 12.0 Å². The highest BCUT2D eigenvalue weighted by Gasteiger charge is 1.98. The third kappa shape index (κ3) is 2.49. The zero-order valence-corrected chi connectivity index (χ0v) is 9.09.